The Morgan fingerprint density at radius 1 is 1.28 bits per heavy atom. The molecule has 0 radical (unpaired) electrons. The van der Waals surface area contributed by atoms with Crippen LogP contribution in [-0.4, -0.2) is 29.1 Å². The van der Waals surface area contributed by atoms with Crippen molar-refractivity contribution >= 4 is 34.0 Å². The fraction of sp³-hybridized carbons (Fsp3) is 0.0500. The van der Waals surface area contributed by atoms with Crippen molar-refractivity contribution in [3.63, 3.8) is 0 Å². The van der Waals surface area contributed by atoms with Gasteiger partial charge in [0, 0.05) is 48.2 Å². The lowest BCUT2D eigenvalue weighted by Gasteiger charge is -2.12. The number of hydrogen-bond acceptors (Lipinski definition) is 4. The van der Waals surface area contributed by atoms with Crippen molar-refractivity contribution in [1.82, 2.24) is 29.1 Å². The van der Waals surface area contributed by atoms with Gasteiger partial charge in [0.2, 0.25) is 5.69 Å². The Labute approximate surface area is 168 Å². The van der Waals surface area contributed by atoms with Gasteiger partial charge in [0.05, 0.1) is 22.7 Å². The minimum atomic E-state index is -0.146. The molecule has 0 atom stereocenters. The first kappa shape index (κ1) is 17.2. The first-order valence-corrected chi connectivity index (χ1v) is 9.02. The van der Waals surface area contributed by atoms with Gasteiger partial charge in [-0.15, -0.1) is 0 Å². The normalized spacial score (nSPS) is 11.2. The Hall–Kier alpha value is -3.96. The van der Waals surface area contributed by atoms with Crippen LogP contribution in [0.2, 0.25) is 5.02 Å². The van der Waals surface area contributed by atoms with Crippen LogP contribution in [0.3, 0.4) is 0 Å². The zero-order chi connectivity index (χ0) is 20.1. The summed E-state index contributed by atoms with van der Waals surface area (Å²) in [5, 5.41) is 5.36. The third kappa shape index (κ3) is 2.68. The highest BCUT2D eigenvalue weighted by Crippen LogP contribution is 2.31. The Balaban J connectivity index is 1.87. The van der Waals surface area contributed by atoms with Gasteiger partial charge >= 0.3 is 0 Å². The summed E-state index contributed by atoms with van der Waals surface area (Å²) in [6, 6.07) is 4.99. The number of hydrogen-bond donors (Lipinski definition) is 1. The molecule has 5 heterocycles. The number of pyridine rings is 3. The Morgan fingerprint density at radius 3 is 2.93 bits per heavy atom. The molecule has 0 aliphatic heterocycles. The molecule has 0 amide bonds. The molecule has 0 aliphatic rings. The van der Waals surface area contributed by atoms with E-state index in [0.717, 1.165) is 5.56 Å². The standard InChI is InChI=1S/C20H12ClN7O/c1-11-16(22-2)10-28(26-11)19-13(8-14-17(29)3-4-23-18(14)25-19)12-7-15(21)20-24-5-6-27(20)9-12/h3-10H,1H3,(H,23,25,29). The Kier molecular flexibility index (Phi) is 3.72. The van der Waals surface area contributed by atoms with Gasteiger partial charge in [-0.1, -0.05) is 11.6 Å². The van der Waals surface area contributed by atoms with Gasteiger partial charge < -0.3 is 9.38 Å². The topological polar surface area (TPSA) is 85.2 Å². The van der Waals surface area contributed by atoms with Crippen LogP contribution in [0.15, 0.2) is 54.0 Å². The van der Waals surface area contributed by atoms with Crippen LogP contribution in [0.25, 0.3) is 38.5 Å². The van der Waals surface area contributed by atoms with Crippen LogP contribution in [0.1, 0.15) is 5.69 Å². The van der Waals surface area contributed by atoms with E-state index in [1.165, 1.54) is 6.07 Å². The molecule has 0 bridgehead atoms. The molecule has 0 saturated carbocycles. The van der Waals surface area contributed by atoms with E-state index < -0.39 is 0 Å². The van der Waals surface area contributed by atoms with Gasteiger partial charge in [0.15, 0.2) is 16.9 Å². The molecular formula is C20H12ClN7O. The van der Waals surface area contributed by atoms with E-state index in [1.807, 2.05) is 6.20 Å². The zero-order valence-corrected chi connectivity index (χ0v) is 15.8. The minimum Gasteiger partial charge on any atom is -0.346 e. The molecule has 9 heteroatoms. The van der Waals surface area contributed by atoms with Gasteiger partial charge in [-0.2, -0.15) is 5.10 Å². The number of nitrogens with zero attached hydrogens (tertiary/aromatic N) is 6. The lowest BCUT2D eigenvalue weighted by molar-refractivity contribution is 0.837. The number of aromatic nitrogens is 6. The minimum absolute atomic E-state index is 0.146. The first-order chi connectivity index (χ1) is 14.0. The molecule has 5 aromatic heterocycles. The number of imidazole rings is 1. The summed E-state index contributed by atoms with van der Waals surface area (Å²) in [5.41, 5.74) is 3.35. The maximum absolute atomic E-state index is 12.4. The number of rotatable bonds is 2. The second kappa shape index (κ2) is 6.29. The number of aromatic amines is 1. The van der Waals surface area contributed by atoms with E-state index in [2.05, 4.69) is 24.9 Å². The molecule has 0 aromatic carbocycles. The van der Waals surface area contributed by atoms with Crippen molar-refractivity contribution in [2.75, 3.05) is 0 Å². The van der Waals surface area contributed by atoms with Crippen molar-refractivity contribution in [1.29, 1.82) is 0 Å². The molecule has 1 N–H and O–H groups in total. The predicted octanol–water partition coefficient (Wildman–Crippen LogP) is 3.94. The van der Waals surface area contributed by atoms with Crippen molar-refractivity contribution in [2.24, 2.45) is 0 Å². The molecule has 0 spiro atoms. The molecular weight excluding hydrogens is 390 g/mol. The maximum atomic E-state index is 12.4. The van der Waals surface area contributed by atoms with E-state index in [0.29, 0.717) is 44.5 Å². The van der Waals surface area contributed by atoms with Crippen LogP contribution < -0.4 is 5.43 Å². The number of fused-ring (bicyclic) bond motifs is 2. The quantitative estimate of drug-likeness (QED) is 0.454. The molecule has 29 heavy (non-hydrogen) atoms. The Bertz CT molecular complexity index is 1520. The molecule has 0 aliphatic carbocycles. The highest BCUT2D eigenvalue weighted by Gasteiger charge is 2.17. The summed E-state index contributed by atoms with van der Waals surface area (Å²) in [6.45, 7) is 9.08. The fourth-order valence-corrected chi connectivity index (χ4v) is 3.55. The zero-order valence-electron chi connectivity index (χ0n) is 15.1. The van der Waals surface area contributed by atoms with E-state index in [1.54, 1.807) is 52.9 Å². The smallest absolute Gasteiger partial charge is 0.227 e. The van der Waals surface area contributed by atoms with Crippen molar-refractivity contribution in [3.8, 4) is 16.9 Å². The number of nitrogens with one attached hydrogen (secondary N) is 1. The summed E-state index contributed by atoms with van der Waals surface area (Å²) in [4.78, 5) is 27.8. The van der Waals surface area contributed by atoms with Gasteiger partial charge in [-0.05, 0) is 19.1 Å². The third-order valence-electron chi connectivity index (χ3n) is 4.69. The maximum Gasteiger partial charge on any atom is 0.227 e. The SMILES string of the molecule is [C-]#[N+]c1cn(-c2nc3[nH]ccc(=O)c3cc2-c2cc(Cl)c3nccn3c2)nc1C. The number of aryl methyl sites for hydroxylation is 1. The molecule has 0 unspecified atom stereocenters. The van der Waals surface area contributed by atoms with Gasteiger partial charge in [-0.3, -0.25) is 4.79 Å². The van der Waals surface area contributed by atoms with Crippen LogP contribution in [0, 0.1) is 13.5 Å². The van der Waals surface area contributed by atoms with E-state index in [-0.39, 0.29) is 5.43 Å². The summed E-state index contributed by atoms with van der Waals surface area (Å²) >= 11 is 6.42. The average Bonchev–Trinajstić information content (AvgIpc) is 3.34. The summed E-state index contributed by atoms with van der Waals surface area (Å²) in [6.07, 6.45) is 8.49. The van der Waals surface area contributed by atoms with Gasteiger partial charge in [0.1, 0.15) is 5.65 Å². The van der Waals surface area contributed by atoms with Crippen molar-refractivity contribution in [2.45, 2.75) is 6.92 Å². The van der Waals surface area contributed by atoms with Crippen molar-refractivity contribution < 1.29 is 0 Å². The highest BCUT2D eigenvalue weighted by molar-refractivity contribution is 6.33. The molecule has 5 aromatic rings. The monoisotopic (exact) mass is 401 g/mol. The second-order valence-corrected chi connectivity index (χ2v) is 6.90. The first-order valence-electron chi connectivity index (χ1n) is 8.64. The third-order valence-corrected chi connectivity index (χ3v) is 4.96. The van der Waals surface area contributed by atoms with Crippen LogP contribution in [0.4, 0.5) is 5.69 Å². The summed E-state index contributed by atoms with van der Waals surface area (Å²) in [5.74, 6) is 0.480. The van der Waals surface area contributed by atoms with Crippen LogP contribution >= 0.6 is 11.6 Å². The molecule has 0 fully saturated rings. The second-order valence-electron chi connectivity index (χ2n) is 6.49. The number of halogens is 1. The van der Waals surface area contributed by atoms with E-state index in [4.69, 9.17) is 18.2 Å². The largest absolute Gasteiger partial charge is 0.346 e. The van der Waals surface area contributed by atoms with E-state index in [9.17, 15) is 4.79 Å². The number of H-pyrrole nitrogens is 1. The van der Waals surface area contributed by atoms with Gasteiger partial charge in [0.25, 0.3) is 0 Å². The predicted molar refractivity (Wildman–Crippen MR) is 110 cm³/mol. The van der Waals surface area contributed by atoms with Crippen molar-refractivity contribution in [3.05, 3.63) is 81.5 Å². The van der Waals surface area contributed by atoms with Gasteiger partial charge in [-0.25, -0.2) is 19.5 Å². The fourth-order valence-electron chi connectivity index (χ4n) is 3.28. The average molecular weight is 402 g/mol. The molecule has 140 valence electrons. The molecule has 5 rings (SSSR count). The highest BCUT2D eigenvalue weighted by atomic mass is 35.5. The lowest BCUT2D eigenvalue weighted by Crippen LogP contribution is -2.07. The summed E-state index contributed by atoms with van der Waals surface area (Å²) in [7, 11) is 0. The summed E-state index contributed by atoms with van der Waals surface area (Å²) < 4.78 is 3.36. The molecule has 8 nitrogen and oxygen atoms in total. The van der Waals surface area contributed by atoms with E-state index >= 15 is 0 Å². The molecule has 0 saturated heterocycles. The Morgan fingerprint density at radius 2 is 2.14 bits per heavy atom. The van der Waals surface area contributed by atoms with Crippen LogP contribution in [-0.2, 0) is 0 Å². The van der Waals surface area contributed by atoms with Crippen LogP contribution in [0.5, 0.6) is 0 Å². The lowest BCUT2D eigenvalue weighted by atomic mass is 10.1.